The van der Waals surface area contributed by atoms with Gasteiger partial charge in [0.05, 0.1) is 12.6 Å². The van der Waals surface area contributed by atoms with E-state index in [-0.39, 0.29) is 19.1 Å². The minimum absolute atomic E-state index is 0.154. The summed E-state index contributed by atoms with van der Waals surface area (Å²) in [4.78, 5) is 38.4. The lowest BCUT2D eigenvalue weighted by Gasteiger charge is -2.25. The van der Waals surface area contributed by atoms with Gasteiger partial charge in [-0.1, -0.05) is 30.3 Å². The Morgan fingerprint density at radius 3 is 2.58 bits per heavy atom. The number of hydrogen-bond donors (Lipinski definition) is 3. The van der Waals surface area contributed by atoms with Gasteiger partial charge in [0, 0.05) is 13.1 Å². The highest BCUT2D eigenvalue weighted by Gasteiger charge is 2.35. The van der Waals surface area contributed by atoms with Crippen LogP contribution in [0.25, 0.3) is 0 Å². The van der Waals surface area contributed by atoms with Crippen molar-refractivity contribution in [1.82, 2.24) is 15.5 Å². The van der Waals surface area contributed by atoms with Gasteiger partial charge in [-0.15, -0.1) is 0 Å². The van der Waals surface area contributed by atoms with Crippen LogP contribution in [-0.4, -0.2) is 65.5 Å². The summed E-state index contributed by atoms with van der Waals surface area (Å²) in [6.07, 6.45) is 2.26. The summed E-state index contributed by atoms with van der Waals surface area (Å²) < 4.78 is 10.6. The molecule has 0 bridgehead atoms. The molecule has 0 saturated carbocycles. The fourth-order valence-corrected chi connectivity index (χ4v) is 3.59. The van der Waals surface area contributed by atoms with Crippen LogP contribution in [0.3, 0.4) is 0 Å². The molecule has 0 radical (unpaired) electrons. The van der Waals surface area contributed by atoms with Crippen molar-refractivity contribution in [3.8, 4) is 0 Å². The van der Waals surface area contributed by atoms with Crippen molar-refractivity contribution in [2.24, 2.45) is 0 Å². The number of hydrogen-bond acceptors (Lipinski definition) is 6. The number of amides is 3. The molecule has 3 N–H and O–H groups in total. The molecule has 1 heterocycles. The largest absolute Gasteiger partial charge is 0.445 e. The van der Waals surface area contributed by atoms with Crippen molar-refractivity contribution in [3.63, 3.8) is 0 Å². The summed E-state index contributed by atoms with van der Waals surface area (Å²) in [5.41, 5.74) is 0.339. The predicted octanol–water partition coefficient (Wildman–Crippen LogP) is 2.96. The van der Waals surface area contributed by atoms with Crippen LogP contribution >= 0.6 is 0 Å². The van der Waals surface area contributed by atoms with Crippen LogP contribution in [0.4, 0.5) is 9.59 Å². The first-order chi connectivity index (χ1) is 15.7. The molecule has 1 fully saturated rings. The molecular weight excluding hydrogens is 426 g/mol. The van der Waals surface area contributed by atoms with Crippen LogP contribution in [-0.2, 0) is 20.9 Å². The maximum Gasteiger partial charge on any atom is 0.410 e. The van der Waals surface area contributed by atoms with Gasteiger partial charge in [0.15, 0.2) is 0 Å². The van der Waals surface area contributed by atoms with E-state index in [0.29, 0.717) is 38.8 Å². The molecular formula is C24H37N3O6. The molecule has 9 nitrogen and oxygen atoms in total. The molecule has 1 saturated heterocycles. The molecule has 0 unspecified atom stereocenters. The lowest BCUT2D eigenvalue weighted by molar-refractivity contribution is -0.126. The maximum absolute atomic E-state index is 12.8. The molecule has 184 valence electrons. The third kappa shape index (κ3) is 9.69. The second kappa shape index (κ2) is 13.0. The minimum Gasteiger partial charge on any atom is -0.445 e. The van der Waals surface area contributed by atoms with Gasteiger partial charge in [-0.2, -0.15) is 0 Å². The van der Waals surface area contributed by atoms with E-state index in [4.69, 9.17) is 9.47 Å². The van der Waals surface area contributed by atoms with E-state index in [9.17, 15) is 19.5 Å². The number of benzene rings is 1. The number of unbranched alkanes of at least 4 members (excludes halogenated alkanes) is 1. The van der Waals surface area contributed by atoms with E-state index in [2.05, 4.69) is 10.6 Å². The number of nitrogens with zero attached hydrogens (tertiary/aromatic N) is 1. The summed E-state index contributed by atoms with van der Waals surface area (Å²) in [5.74, 6) is -0.282. The summed E-state index contributed by atoms with van der Waals surface area (Å²) in [6, 6.07) is 8.36. The normalized spacial score (nSPS) is 16.7. The predicted molar refractivity (Wildman–Crippen MR) is 123 cm³/mol. The Hall–Kier alpha value is -2.81. The summed E-state index contributed by atoms with van der Waals surface area (Å²) in [6.45, 7) is 6.27. The number of carbonyl (C=O) groups excluding carboxylic acids is 3. The van der Waals surface area contributed by atoms with Crippen LogP contribution in [0.1, 0.15) is 58.4 Å². The van der Waals surface area contributed by atoms with Gasteiger partial charge in [0.2, 0.25) is 5.91 Å². The van der Waals surface area contributed by atoms with Gasteiger partial charge in [-0.3, -0.25) is 9.69 Å². The van der Waals surface area contributed by atoms with E-state index in [1.165, 1.54) is 4.90 Å². The highest BCUT2D eigenvalue weighted by molar-refractivity contribution is 5.86. The molecule has 0 aliphatic carbocycles. The quantitative estimate of drug-likeness (QED) is 0.459. The van der Waals surface area contributed by atoms with Crippen LogP contribution in [0.5, 0.6) is 0 Å². The van der Waals surface area contributed by atoms with Crippen LogP contribution < -0.4 is 10.6 Å². The molecule has 1 aromatic rings. The third-order valence-electron chi connectivity index (χ3n) is 5.21. The number of aliphatic hydroxyl groups excluding tert-OH is 1. The van der Waals surface area contributed by atoms with Crippen LogP contribution in [0.2, 0.25) is 0 Å². The van der Waals surface area contributed by atoms with Crippen molar-refractivity contribution < 1.29 is 29.0 Å². The first kappa shape index (κ1) is 26.4. The summed E-state index contributed by atoms with van der Waals surface area (Å²) in [7, 11) is 0. The summed E-state index contributed by atoms with van der Waals surface area (Å²) >= 11 is 0. The van der Waals surface area contributed by atoms with Gasteiger partial charge < -0.3 is 25.2 Å². The molecule has 9 heteroatoms. The van der Waals surface area contributed by atoms with Crippen molar-refractivity contribution in [1.29, 1.82) is 0 Å². The zero-order chi connectivity index (χ0) is 24.3. The Balaban J connectivity index is 1.72. The first-order valence-electron chi connectivity index (χ1n) is 11.5. The van der Waals surface area contributed by atoms with Gasteiger partial charge in [-0.05, 0) is 58.4 Å². The molecule has 0 aromatic heterocycles. The van der Waals surface area contributed by atoms with Crippen molar-refractivity contribution in [2.45, 2.75) is 77.2 Å². The van der Waals surface area contributed by atoms with E-state index in [1.54, 1.807) is 20.8 Å². The van der Waals surface area contributed by atoms with E-state index in [0.717, 1.165) is 12.0 Å². The topological polar surface area (TPSA) is 117 Å². The number of likely N-dealkylation sites (tertiary alicyclic amines) is 1. The highest BCUT2D eigenvalue weighted by Crippen LogP contribution is 2.19. The SMILES string of the molecule is CC(C)(C)OC(=O)NCCCC[C@@H](CO)NC(=O)[C@@H]1CCCN1C(=O)OCc1ccccc1. The van der Waals surface area contributed by atoms with E-state index >= 15 is 0 Å². The van der Waals surface area contributed by atoms with Gasteiger partial charge in [0.1, 0.15) is 18.2 Å². The van der Waals surface area contributed by atoms with Gasteiger partial charge in [0.25, 0.3) is 0 Å². The zero-order valence-electron chi connectivity index (χ0n) is 19.8. The van der Waals surface area contributed by atoms with Crippen molar-refractivity contribution in [2.75, 3.05) is 19.7 Å². The number of nitrogens with one attached hydrogen (secondary N) is 2. The summed E-state index contributed by atoms with van der Waals surface area (Å²) in [5, 5.41) is 15.2. The Bertz CT molecular complexity index is 765. The second-order valence-corrected chi connectivity index (χ2v) is 9.20. The molecule has 2 atom stereocenters. The number of aliphatic hydroxyl groups is 1. The van der Waals surface area contributed by atoms with Crippen LogP contribution in [0, 0.1) is 0 Å². The fourth-order valence-electron chi connectivity index (χ4n) is 3.59. The molecule has 3 amide bonds. The van der Waals surface area contributed by atoms with E-state index < -0.39 is 29.9 Å². The Morgan fingerprint density at radius 1 is 1.18 bits per heavy atom. The smallest absolute Gasteiger partial charge is 0.410 e. The molecule has 2 rings (SSSR count). The lowest BCUT2D eigenvalue weighted by Crippen LogP contribution is -2.49. The number of carbonyl (C=O) groups is 3. The van der Waals surface area contributed by atoms with Crippen molar-refractivity contribution in [3.05, 3.63) is 35.9 Å². The number of ether oxygens (including phenoxy) is 2. The fraction of sp³-hybridized carbons (Fsp3) is 0.625. The number of rotatable bonds is 10. The maximum atomic E-state index is 12.8. The Morgan fingerprint density at radius 2 is 1.91 bits per heavy atom. The van der Waals surface area contributed by atoms with Gasteiger partial charge >= 0.3 is 12.2 Å². The first-order valence-corrected chi connectivity index (χ1v) is 11.5. The standard InChI is InChI=1S/C24H37N3O6/c1-24(2,3)33-22(30)25-14-8-7-12-19(16-28)26-21(29)20-13-9-15-27(20)23(31)32-17-18-10-5-4-6-11-18/h4-6,10-11,19-20,28H,7-9,12-17H2,1-3H3,(H,25,30)(H,26,29)/t19-,20-/m0/s1. The third-order valence-corrected chi connectivity index (χ3v) is 5.21. The Labute approximate surface area is 195 Å². The minimum atomic E-state index is -0.601. The lowest BCUT2D eigenvalue weighted by atomic mass is 10.1. The molecule has 0 spiro atoms. The zero-order valence-corrected chi connectivity index (χ0v) is 19.8. The van der Waals surface area contributed by atoms with Crippen molar-refractivity contribution >= 4 is 18.1 Å². The van der Waals surface area contributed by atoms with Gasteiger partial charge in [-0.25, -0.2) is 9.59 Å². The average molecular weight is 464 g/mol. The molecule has 1 aliphatic rings. The molecule has 1 aliphatic heterocycles. The highest BCUT2D eigenvalue weighted by atomic mass is 16.6. The van der Waals surface area contributed by atoms with E-state index in [1.807, 2.05) is 30.3 Å². The Kier molecular flexibility index (Phi) is 10.4. The average Bonchev–Trinajstić information content (AvgIpc) is 3.26. The second-order valence-electron chi connectivity index (χ2n) is 9.20. The molecule has 33 heavy (non-hydrogen) atoms. The van der Waals surface area contributed by atoms with Crippen LogP contribution in [0.15, 0.2) is 30.3 Å². The molecule has 1 aromatic carbocycles. The number of alkyl carbamates (subject to hydrolysis) is 1. The monoisotopic (exact) mass is 463 g/mol.